The number of fused-ring (bicyclic) bond motifs is 1. The smallest absolute Gasteiger partial charge is 0.248 e. The van der Waals surface area contributed by atoms with E-state index in [-0.39, 0.29) is 0 Å². The highest BCUT2D eigenvalue weighted by molar-refractivity contribution is 7.21. The van der Waals surface area contributed by atoms with E-state index in [9.17, 15) is 9.59 Å². The molecule has 3 heterocycles. The van der Waals surface area contributed by atoms with Crippen molar-refractivity contribution in [2.45, 2.75) is 6.42 Å². The molecule has 0 radical (unpaired) electrons. The summed E-state index contributed by atoms with van der Waals surface area (Å²) in [6, 6.07) is 9.37. The van der Waals surface area contributed by atoms with E-state index in [1.165, 1.54) is 18.4 Å². The lowest BCUT2D eigenvalue weighted by atomic mass is 10.2. The summed E-state index contributed by atoms with van der Waals surface area (Å²) < 4.78 is 0. The molecule has 1 aromatic carbocycles. The second-order valence-electron chi connectivity index (χ2n) is 6.75. The molecular formula is C21H26N6O2S. The molecule has 9 heteroatoms. The zero-order valence-corrected chi connectivity index (χ0v) is 17.7. The van der Waals surface area contributed by atoms with Gasteiger partial charge in [0.05, 0.1) is 21.6 Å². The average Bonchev–Trinajstić information content (AvgIpc) is 2.95. The maximum atomic E-state index is 11.3. The quantitative estimate of drug-likeness (QED) is 0.544. The Morgan fingerprint density at radius 2 is 1.73 bits per heavy atom. The Kier molecular flexibility index (Phi) is 6.86. The minimum Gasteiger partial charge on any atom is -0.397 e. The first-order valence-corrected chi connectivity index (χ1v) is 10.5. The molecular weight excluding hydrogens is 400 g/mol. The van der Waals surface area contributed by atoms with Crippen molar-refractivity contribution in [2.24, 2.45) is 11.5 Å². The van der Waals surface area contributed by atoms with Crippen LogP contribution in [0.4, 0.5) is 17.1 Å². The molecule has 158 valence electrons. The number of amides is 1. The number of hydrogen-bond acceptors (Lipinski definition) is 8. The summed E-state index contributed by atoms with van der Waals surface area (Å²) in [6.07, 6.45) is 3.55. The lowest BCUT2D eigenvalue weighted by molar-refractivity contribution is 0.1000. The lowest BCUT2D eigenvalue weighted by Crippen LogP contribution is -2.30. The fraction of sp³-hybridized carbons (Fsp3) is 0.286. The number of hydrogen-bond donors (Lipinski definition) is 3. The monoisotopic (exact) mass is 426 g/mol. The molecule has 1 aliphatic rings. The van der Waals surface area contributed by atoms with Crippen LogP contribution in [0.5, 0.6) is 0 Å². The van der Waals surface area contributed by atoms with E-state index < -0.39 is 5.91 Å². The highest BCUT2D eigenvalue weighted by Gasteiger charge is 2.21. The van der Waals surface area contributed by atoms with Crippen LogP contribution in [-0.4, -0.2) is 50.4 Å². The number of nitrogens with two attached hydrogens (primary N) is 3. The number of aromatic nitrogens is 1. The molecule has 1 aliphatic heterocycles. The molecule has 1 amide bonds. The Balaban J connectivity index is 0.00000124. The molecule has 3 aromatic rings. The zero-order chi connectivity index (χ0) is 21.7. The number of benzene rings is 1. The van der Waals surface area contributed by atoms with Crippen LogP contribution in [0.25, 0.3) is 10.2 Å². The summed E-state index contributed by atoms with van der Waals surface area (Å²) in [5, 5.41) is 0.869. The molecule has 1 fully saturated rings. The third kappa shape index (κ3) is 4.22. The van der Waals surface area contributed by atoms with Crippen molar-refractivity contribution in [1.82, 2.24) is 4.98 Å². The van der Waals surface area contributed by atoms with Crippen LogP contribution in [0.3, 0.4) is 0 Å². The number of rotatable bonds is 4. The van der Waals surface area contributed by atoms with E-state index in [0.717, 1.165) is 60.5 Å². The maximum Gasteiger partial charge on any atom is 0.248 e. The third-order valence-corrected chi connectivity index (χ3v) is 6.14. The number of nitrogen functional groups attached to an aromatic ring is 1. The number of carbonyl (C=O) groups excluding carboxylic acids is 2. The van der Waals surface area contributed by atoms with Gasteiger partial charge in [0.25, 0.3) is 0 Å². The number of nitrogens with zero attached hydrogens (tertiary/aromatic N) is 3. The topological polar surface area (TPSA) is 132 Å². The number of pyridine rings is 1. The van der Waals surface area contributed by atoms with Gasteiger partial charge in [0.1, 0.15) is 4.83 Å². The molecule has 6 N–H and O–H groups in total. The van der Waals surface area contributed by atoms with Gasteiger partial charge in [-0.05, 0) is 43.8 Å². The Bertz CT molecular complexity index is 1030. The van der Waals surface area contributed by atoms with Gasteiger partial charge in [-0.2, -0.15) is 0 Å². The van der Waals surface area contributed by atoms with Gasteiger partial charge >= 0.3 is 0 Å². The third-order valence-electron chi connectivity index (χ3n) is 5.10. The molecule has 0 saturated carbocycles. The van der Waals surface area contributed by atoms with Gasteiger partial charge in [0, 0.05) is 43.6 Å². The fourth-order valence-corrected chi connectivity index (χ4v) is 4.55. The van der Waals surface area contributed by atoms with Crippen molar-refractivity contribution in [3.63, 3.8) is 0 Å². The Labute approximate surface area is 179 Å². The van der Waals surface area contributed by atoms with Gasteiger partial charge in [0.15, 0.2) is 6.29 Å². The lowest BCUT2D eigenvalue weighted by Gasteiger charge is -2.25. The average molecular weight is 427 g/mol. The first-order valence-electron chi connectivity index (χ1n) is 9.68. The van der Waals surface area contributed by atoms with E-state index in [1.54, 1.807) is 18.3 Å². The van der Waals surface area contributed by atoms with Crippen molar-refractivity contribution in [2.75, 3.05) is 48.8 Å². The van der Waals surface area contributed by atoms with E-state index in [4.69, 9.17) is 11.5 Å². The van der Waals surface area contributed by atoms with Crippen LogP contribution < -0.4 is 27.0 Å². The molecule has 4 rings (SSSR count). The predicted molar refractivity (Wildman–Crippen MR) is 124 cm³/mol. The van der Waals surface area contributed by atoms with Gasteiger partial charge in [-0.3, -0.25) is 9.59 Å². The second-order valence-corrected chi connectivity index (χ2v) is 7.78. The summed E-state index contributed by atoms with van der Waals surface area (Å²) in [7, 11) is 1.50. The van der Waals surface area contributed by atoms with E-state index in [0.29, 0.717) is 16.1 Å². The van der Waals surface area contributed by atoms with Crippen LogP contribution in [0, 0.1) is 0 Å². The normalized spacial score (nSPS) is 14.1. The minimum atomic E-state index is -0.418. The first-order chi connectivity index (χ1) is 14.6. The standard InChI is InChI=1S/C20H21N5O2S.CH5N/c21-18-16(12-26)28-20-17(18)15(6-7-23-20)25-9-1-8-24(10-11-25)14-4-2-13(3-5-14)19(22)27;1-2/h2-7,12H,1,8-11,21H2,(H2,22,27);2H2,1H3. The van der Waals surface area contributed by atoms with Crippen molar-refractivity contribution >= 4 is 50.8 Å². The fourth-order valence-electron chi connectivity index (χ4n) is 3.65. The van der Waals surface area contributed by atoms with Gasteiger partial charge < -0.3 is 27.0 Å². The number of aldehydes is 1. The summed E-state index contributed by atoms with van der Waals surface area (Å²) in [4.78, 5) is 32.8. The van der Waals surface area contributed by atoms with Gasteiger partial charge in [-0.25, -0.2) is 4.98 Å². The molecule has 30 heavy (non-hydrogen) atoms. The number of anilines is 3. The van der Waals surface area contributed by atoms with Crippen LogP contribution in [0.15, 0.2) is 36.5 Å². The highest BCUT2D eigenvalue weighted by atomic mass is 32.1. The molecule has 0 atom stereocenters. The van der Waals surface area contributed by atoms with E-state index in [2.05, 4.69) is 20.5 Å². The molecule has 0 aliphatic carbocycles. The summed E-state index contributed by atoms with van der Waals surface area (Å²) >= 11 is 1.33. The number of thiophene rings is 1. The molecule has 2 aromatic heterocycles. The Morgan fingerprint density at radius 3 is 2.40 bits per heavy atom. The van der Waals surface area contributed by atoms with Crippen LogP contribution >= 0.6 is 11.3 Å². The van der Waals surface area contributed by atoms with E-state index in [1.807, 2.05) is 18.2 Å². The zero-order valence-electron chi connectivity index (χ0n) is 16.9. The minimum absolute atomic E-state index is 0.418. The molecule has 0 spiro atoms. The van der Waals surface area contributed by atoms with Gasteiger partial charge in [0.2, 0.25) is 5.91 Å². The second kappa shape index (κ2) is 9.55. The molecule has 0 unspecified atom stereocenters. The number of carbonyl (C=O) groups is 2. The first kappa shape index (κ1) is 21.5. The maximum absolute atomic E-state index is 11.3. The molecule has 1 saturated heterocycles. The van der Waals surface area contributed by atoms with Crippen molar-refractivity contribution in [1.29, 1.82) is 0 Å². The van der Waals surface area contributed by atoms with Crippen LogP contribution in [0.2, 0.25) is 0 Å². The summed E-state index contributed by atoms with van der Waals surface area (Å²) in [5.74, 6) is -0.418. The summed E-state index contributed by atoms with van der Waals surface area (Å²) in [5.41, 5.74) is 19.2. The summed E-state index contributed by atoms with van der Waals surface area (Å²) in [6.45, 7) is 3.47. The van der Waals surface area contributed by atoms with Crippen molar-refractivity contribution in [3.05, 3.63) is 47.0 Å². The van der Waals surface area contributed by atoms with Crippen molar-refractivity contribution in [3.8, 4) is 0 Å². The van der Waals surface area contributed by atoms with Crippen molar-refractivity contribution < 1.29 is 9.59 Å². The largest absolute Gasteiger partial charge is 0.397 e. The Morgan fingerprint density at radius 1 is 1.07 bits per heavy atom. The van der Waals surface area contributed by atoms with Crippen LogP contribution in [-0.2, 0) is 0 Å². The predicted octanol–water partition coefficient (Wildman–Crippen LogP) is 2.08. The van der Waals surface area contributed by atoms with Gasteiger partial charge in [-0.15, -0.1) is 11.3 Å². The number of primary amides is 1. The highest BCUT2D eigenvalue weighted by Crippen LogP contribution is 2.38. The Hall–Kier alpha value is -3.17. The molecule has 0 bridgehead atoms. The van der Waals surface area contributed by atoms with E-state index >= 15 is 0 Å². The van der Waals surface area contributed by atoms with Crippen LogP contribution in [0.1, 0.15) is 26.5 Å². The SMILES string of the molecule is CN.NC(=O)c1ccc(N2CCCN(c3ccnc4sc(C=O)c(N)c34)CC2)cc1. The van der Waals surface area contributed by atoms with Gasteiger partial charge in [-0.1, -0.05) is 0 Å². The molecule has 8 nitrogen and oxygen atoms in total.